The summed E-state index contributed by atoms with van der Waals surface area (Å²) in [5.74, 6) is 1.88. The van der Waals surface area contributed by atoms with Gasteiger partial charge in [-0.2, -0.15) is 0 Å². The maximum atomic E-state index is 12.3. The van der Waals surface area contributed by atoms with Gasteiger partial charge in [0.1, 0.15) is 5.69 Å². The number of nitrogens with one attached hydrogen (secondary N) is 1. The van der Waals surface area contributed by atoms with E-state index in [9.17, 15) is 9.59 Å². The number of carbonyl (C=O) groups excluding carboxylic acids is 1. The van der Waals surface area contributed by atoms with Crippen LogP contribution in [0.1, 0.15) is 25.0 Å². The van der Waals surface area contributed by atoms with Gasteiger partial charge in [-0.25, -0.2) is 0 Å². The molecule has 2 aliphatic carbocycles. The number of amides is 1. The molecule has 1 fully saturated rings. The number of nitrogens with zero attached hydrogens (tertiary/aromatic N) is 3. The number of aryl methyl sites for hydroxylation is 1. The van der Waals surface area contributed by atoms with E-state index >= 15 is 0 Å². The number of aromatic nitrogens is 3. The summed E-state index contributed by atoms with van der Waals surface area (Å²) >= 11 is 0. The summed E-state index contributed by atoms with van der Waals surface area (Å²) in [6.45, 7) is 0.729. The lowest BCUT2D eigenvalue weighted by molar-refractivity contribution is -0.121. The van der Waals surface area contributed by atoms with Gasteiger partial charge >= 0.3 is 0 Å². The minimum atomic E-state index is -0.202. The average Bonchev–Trinajstić information content (AvgIpc) is 3.22. The van der Waals surface area contributed by atoms with Crippen LogP contribution in [-0.4, -0.2) is 27.0 Å². The fraction of sp³-hybridized carbons (Fsp3) is 0.444. The van der Waals surface area contributed by atoms with E-state index in [1.165, 1.54) is 17.2 Å². The normalized spacial score (nSPS) is 24.6. The van der Waals surface area contributed by atoms with Crippen LogP contribution in [0.2, 0.25) is 0 Å². The molecule has 1 N–H and O–H groups in total. The van der Waals surface area contributed by atoms with Crippen molar-refractivity contribution in [3.8, 4) is 0 Å². The first kappa shape index (κ1) is 15.1. The van der Waals surface area contributed by atoms with Crippen LogP contribution in [0, 0.1) is 17.8 Å². The lowest BCUT2D eigenvalue weighted by Crippen LogP contribution is -2.31. The largest absolute Gasteiger partial charge is 0.356 e. The van der Waals surface area contributed by atoms with E-state index in [1.54, 1.807) is 24.4 Å². The molecule has 2 aromatic heterocycles. The Bertz CT molecular complexity index is 857. The predicted octanol–water partition coefficient (Wildman–Crippen LogP) is 1.35. The van der Waals surface area contributed by atoms with Gasteiger partial charge in [0.05, 0.1) is 0 Å². The Hall–Kier alpha value is -2.50. The molecule has 0 radical (unpaired) electrons. The molecule has 124 valence electrons. The quantitative estimate of drug-likeness (QED) is 0.842. The van der Waals surface area contributed by atoms with Gasteiger partial charge in [0.15, 0.2) is 5.65 Å². The lowest BCUT2D eigenvalue weighted by atomic mass is 9.93. The Morgan fingerprint density at radius 3 is 2.96 bits per heavy atom. The zero-order chi connectivity index (χ0) is 16.5. The summed E-state index contributed by atoms with van der Waals surface area (Å²) in [7, 11) is 0. The van der Waals surface area contributed by atoms with Crippen molar-refractivity contribution in [2.75, 3.05) is 6.54 Å². The third-order valence-corrected chi connectivity index (χ3v) is 5.14. The highest BCUT2D eigenvalue weighted by Crippen LogP contribution is 2.42. The van der Waals surface area contributed by atoms with Crippen molar-refractivity contribution in [3.63, 3.8) is 0 Å². The van der Waals surface area contributed by atoms with E-state index in [0.29, 0.717) is 35.5 Å². The van der Waals surface area contributed by atoms with Gasteiger partial charge in [-0.3, -0.25) is 14.0 Å². The predicted molar refractivity (Wildman–Crippen MR) is 89.4 cm³/mol. The van der Waals surface area contributed by atoms with Crippen molar-refractivity contribution in [1.29, 1.82) is 0 Å². The number of pyridine rings is 1. The first-order valence-electron chi connectivity index (χ1n) is 8.48. The van der Waals surface area contributed by atoms with Crippen LogP contribution in [-0.2, 0) is 11.2 Å². The number of allylic oxidation sites excluding steroid dienone is 2. The molecule has 3 atom stereocenters. The van der Waals surface area contributed by atoms with E-state index in [4.69, 9.17) is 0 Å². The van der Waals surface area contributed by atoms with Gasteiger partial charge in [-0.1, -0.05) is 18.2 Å². The molecule has 24 heavy (non-hydrogen) atoms. The highest BCUT2D eigenvalue weighted by molar-refractivity contribution is 5.76. The van der Waals surface area contributed by atoms with Crippen molar-refractivity contribution in [1.82, 2.24) is 19.9 Å². The van der Waals surface area contributed by atoms with Crippen LogP contribution < -0.4 is 10.9 Å². The molecule has 2 bridgehead atoms. The topological polar surface area (TPSA) is 76.4 Å². The minimum Gasteiger partial charge on any atom is -0.356 e. The minimum absolute atomic E-state index is 0.0267. The number of fused-ring (bicyclic) bond motifs is 3. The third kappa shape index (κ3) is 2.84. The van der Waals surface area contributed by atoms with Gasteiger partial charge in [-0.15, -0.1) is 10.2 Å². The molecule has 1 saturated carbocycles. The van der Waals surface area contributed by atoms with E-state index < -0.39 is 0 Å². The van der Waals surface area contributed by atoms with Crippen LogP contribution in [0.5, 0.6) is 0 Å². The molecular formula is C18H20N4O2. The molecule has 6 heteroatoms. The van der Waals surface area contributed by atoms with Crippen LogP contribution in [0.15, 0.2) is 41.3 Å². The highest BCUT2D eigenvalue weighted by Gasteiger charge is 2.35. The number of rotatable bonds is 5. The molecule has 3 unspecified atom stereocenters. The average molecular weight is 324 g/mol. The van der Waals surface area contributed by atoms with Gasteiger partial charge < -0.3 is 5.32 Å². The Labute approximate surface area is 139 Å². The second kappa shape index (κ2) is 6.19. The Morgan fingerprint density at radius 2 is 2.17 bits per heavy atom. The number of carbonyl (C=O) groups is 1. The third-order valence-electron chi connectivity index (χ3n) is 5.14. The Balaban J connectivity index is 1.33. The molecular weight excluding hydrogens is 304 g/mol. The molecule has 0 saturated heterocycles. The Morgan fingerprint density at radius 1 is 1.25 bits per heavy atom. The van der Waals surface area contributed by atoms with E-state index in [2.05, 4.69) is 27.7 Å². The molecule has 1 amide bonds. The van der Waals surface area contributed by atoms with Crippen molar-refractivity contribution < 1.29 is 4.79 Å². The molecule has 2 aromatic rings. The molecule has 6 nitrogen and oxygen atoms in total. The van der Waals surface area contributed by atoms with Crippen LogP contribution in [0.4, 0.5) is 0 Å². The molecule has 0 aromatic carbocycles. The van der Waals surface area contributed by atoms with E-state index in [-0.39, 0.29) is 17.9 Å². The SMILES string of the molecule is O=C(CCc1nnc2ccccn2c1=O)NCC1CC2C=CC1C2. The summed E-state index contributed by atoms with van der Waals surface area (Å²) in [5, 5.41) is 11.0. The second-order valence-corrected chi connectivity index (χ2v) is 6.73. The van der Waals surface area contributed by atoms with Gasteiger partial charge in [0.25, 0.3) is 5.56 Å². The fourth-order valence-electron chi connectivity index (χ4n) is 3.83. The zero-order valence-corrected chi connectivity index (χ0v) is 13.4. The maximum Gasteiger partial charge on any atom is 0.279 e. The molecule has 0 spiro atoms. The maximum absolute atomic E-state index is 12.3. The van der Waals surface area contributed by atoms with Crippen LogP contribution >= 0.6 is 0 Å². The standard InChI is InChI=1S/C18H20N4O2/c23-17(19-11-14-10-12-4-5-13(14)9-12)7-6-15-18(24)22-8-2-1-3-16(22)21-20-15/h1-5,8,12-14H,6-7,9-11H2,(H,19,23). The summed E-state index contributed by atoms with van der Waals surface area (Å²) in [4.78, 5) is 24.4. The smallest absolute Gasteiger partial charge is 0.279 e. The molecule has 2 heterocycles. The first-order valence-corrected chi connectivity index (χ1v) is 8.48. The van der Waals surface area contributed by atoms with Crippen molar-refractivity contribution in [3.05, 3.63) is 52.6 Å². The molecule has 4 rings (SSSR count). The molecule has 0 aliphatic heterocycles. The van der Waals surface area contributed by atoms with Crippen molar-refractivity contribution in [2.24, 2.45) is 17.8 Å². The van der Waals surface area contributed by atoms with E-state index in [0.717, 1.165) is 6.54 Å². The highest BCUT2D eigenvalue weighted by atomic mass is 16.1. The van der Waals surface area contributed by atoms with Crippen molar-refractivity contribution in [2.45, 2.75) is 25.7 Å². The fourth-order valence-corrected chi connectivity index (χ4v) is 3.83. The zero-order valence-electron chi connectivity index (χ0n) is 13.4. The van der Waals surface area contributed by atoms with Gasteiger partial charge in [0, 0.05) is 25.6 Å². The van der Waals surface area contributed by atoms with Crippen LogP contribution in [0.3, 0.4) is 0 Å². The van der Waals surface area contributed by atoms with Gasteiger partial charge in [-0.05, 0) is 42.7 Å². The summed E-state index contributed by atoms with van der Waals surface area (Å²) < 4.78 is 1.46. The summed E-state index contributed by atoms with van der Waals surface area (Å²) in [6.07, 6.45) is 9.25. The monoisotopic (exact) mass is 324 g/mol. The summed E-state index contributed by atoms with van der Waals surface area (Å²) in [6, 6.07) is 5.31. The van der Waals surface area contributed by atoms with E-state index in [1.807, 2.05) is 0 Å². The summed E-state index contributed by atoms with van der Waals surface area (Å²) in [5.41, 5.74) is 0.642. The lowest BCUT2D eigenvalue weighted by Gasteiger charge is -2.18. The van der Waals surface area contributed by atoms with Crippen molar-refractivity contribution >= 4 is 11.6 Å². The molecule has 2 aliphatic rings. The van der Waals surface area contributed by atoms with Gasteiger partial charge in [0.2, 0.25) is 5.91 Å². The number of hydrogen-bond donors (Lipinski definition) is 1. The first-order chi connectivity index (χ1) is 11.7. The number of hydrogen-bond acceptors (Lipinski definition) is 4. The Kier molecular flexibility index (Phi) is 3.88. The van der Waals surface area contributed by atoms with Crippen LogP contribution in [0.25, 0.3) is 5.65 Å². The second-order valence-electron chi connectivity index (χ2n) is 6.73.